The van der Waals surface area contributed by atoms with Crippen molar-refractivity contribution in [1.82, 2.24) is 4.98 Å². The van der Waals surface area contributed by atoms with Crippen molar-refractivity contribution < 1.29 is 5.11 Å². The van der Waals surface area contributed by atoms with Crippen LogP contribution in [-0.4, -0.2) is 21.6 Å². The largest absolute Gasteiger partial charge is 0.493 e. The van der Waals surface area contributed by atoms with E-state index in [2.05, 4.69) is 25.4 Å². The van der Waals surface area contributed by atoms with E-state index in [1.807, 2.05) is 54.6 Å². The number of hydrogen-bond acceptors (Lipinski definition) is 5. The molecule has 0 amide bonds. The molecule has 2 N–H and O–H groups in total. The Kier molecular flexibility index (Phi) is 3.20. The molecular weight excluding hydrogens is 290 g/mol. The molecule has 0 spiro atoms. The van der Waals surface area contributed by atoms with Crippen LogP contribution in [0.25, 0.3) is 10.9 Å². The fourth-order valence-electron chi connectivity index (χ4n) is 2.51. The van der Waals surface area contributed by atoms with Crippen molar-refractivity contribution in [3.05, 3.63) is 60.2 Å². The van der Waals surface area contributed by atoms with Gasteiger partial charge in [0.15, 0.2) is 11.5 Å². The fraction of sp³-hybridized carbons (Fsp3) is 0.0588. The van der Waals surface area contributed by atoms with Crippen molar-refractivity contribution in [3.63, 3.8) is 0 Å². The number of aromatic amines is 1. The molecule has 0 radical (unpaired) electrons. The highest BCUT2D eigenvalue weighted by atomic mass is 16.3. The molecular formula is C17H13N5O. The minimum absolute atomic E-state index is 0.00209. The predicted octanol–water partition coefficient (Wildman–Crippen LogP) is 4.16. The van der Waals surface area contributed by atoms with Gasteiger partial charge in [0.05, 0.1) is 17.6 Å². The lowest BCUT2D eigenvalue weighted by molar-refractivity contribution is 0.459. The second-order valence-corrected chi connectivity index (χ2v) is 5.17. The zero-order valence-corrected chi connectivity index (χ0v) is 12.1. The smallest absolute Gasteiger partial charge is 0.218 e. The van der Waals surface area contributed by atoms with E-state index >= 15 is 0 Å². The summed E-state index contributed by atoms with van der Waals surface area (Å²) in [7, 11) is 0. The molecule has 1 aliphatic rings. The first-order valence-corrected chi connectivity index (χ1v) is 7.21. The molecule has 112 valence electrons. The SMILES string of the molecule is Oc1[nH]c2ccccc2c1N=NC1=NN=C(c2ccccc2)C1. The molecule has 0 fully saturated rings. The standard InChI is InChI=1S/C17H13N5O/c23-17-16(12-8-4-5-9-13(12)18-17)22-21-15-10-14(19-20-15)11-6-2-1-3-7-11/h1-9,18,23H,10H2. The molecule has 0 atom stereocenters. The summed E-state index contributed by atoms with van der Waals surface area (Å²) in [6, 6.07) is 17.4. The summed E-state index contributed by atoms with van der Waals surface area (Å²) >= 11 is 0. The lowest BCUT2D eigenvalue weighted by atomic mass is 10.1. The van der Waals surface area contributed by atoms with Crippen molar-refractivity contribution >= 4 is 28.1 Å². The average Bonchev–Trinajstić information content (AvgIpc) is 3.18. The first-order chi connectivity index (χ1) is 11.3. The Hall–Kier alpha value is -3.28. The molecule has 0 aliphatic carbocycles. The minimum atomic E-state index is -0.00209. The van der Waals surface area contributed by atoms with Gasteiger partial charge < -0.3 is 10.1 Å². The summed E-state index contributed by atoms with van der Waals surface area (Å²) in [6.07, 6.45) is 0.524. The Morgan fingerprint density at radius 2 is 1.70 bits per heavy atom. The van der Waals surface area contributed by atoms with E-state index in [9.17, 15) is 5.11 Å². The van der Waals surface area contributed by atoms with Gasteiger partial charge in [0.25, 0.3) is 0 Å². The predicted molar refractivity (Wildman–Crippen MR) is 89.5 cm³/mol. The molecule has 3 aromatic rings. The van der Waals surface area contributed by atoms with E-state index in [0.717, 1.165) is 22.2 Å². The van der Waals surface area contributed by atoms with Crippen LogP contribution in [0.15, 0.2) is 75.0 Å². The first-order valence-electron chi connectivity index (χ1n) is 7.21. The molecule has 2 aromatic carbocycles. The monoisotopic (exact) mass is 303 g/mol. The lowest BCUT2D eigenvalue weighted by Crippen LogP contribution is -2.01. The number of H-pyrrole nitrogens is 1. The molecule has 0 bridgehead atoms. The zero-order chi connectivity index (χ0) is 15.6. The first kappa shape index (κ1) is 13.4. The summed E-state index contributed by atoms with van der Waals surface area (Å²) in [5.41, 5.74) is 3.11. The highest BCUT2D eigenvalue weighted by molar-refractivity contribution is 6.14. The van der Waals surface area contributed by atoms with Gasteiger partial charge in [0.2, 0.25) is 5.88 Å². The molecule has 23 heavy (non-hydrogen) atoms. The lowest BCUT2D eigenvalue weighted by Gasteiger charge is -1.97. The van der Waals surface area contributed by atoms with E-state index in [0.29, 0.717) is 17.9 Å². The van der Waals surface area contributed by atoms with E-state index in [-0.39, 0.29) is 5.88 Å². The number of para-hydroxylation sites is 1. The Labute approximate surface area is 131 Å². The van der Waals surface area contributed by atoms with Gasteiger partial charge in [-0.25, -0.2) is 0 Å². The van der Waals surface area contributed by atoms with Gasteiger partial charge in [-0.2, -0.15) is 5.10 Å². The van der Waals surface area contributed by atoms with Crippen LogP contribution in [-0.2, 0) is 0 Å². The van der Waals surface area contributed by atoms with Crippen LogP contribution in [0.2, 0.25) is 0 Å². The fourth-order valence-corrected chi connectivity index (χ4v) is 2.51. The van der Waals surface area contributed by atoms with Crippen LogP contribution in [0.1, 0.15) is 12.0 Å². The summed E-state index contributed by atoms with van der Waals surface area (Å²) in [6.45, 7) is 0. The quantitative estimate of drug-likeness (QED) is 0.684. The topological polar surface area (TPSA) is 85.5 Å². The van der Waals surface area contributed by atoms with Gasteiger partial charge in [0.1, 0.15) is 0 Å². The highest BCUT2D eigenvalue weighted by Crippen LogP contribution is 2.35. The summed E-state index contributed by atoms with van der Waals surface area (Å²) in [5, 5.41) is 27.3. The van der Waals surface area contributed by atoms with Gasteiger partial charge in [-0.15, -0.1) is 15.3 Å². The number of fused-ring (bicyclic) bond motifs is 1. The second kappa shape index (κ2) is 5.49. The van der Waals surface area contributed by atoms with Gasteiger partial charge in [-0.05, 0) is 11.6 Å². The summed E-state index contributed by atoms with van der Waals surface area (Å²) < 4.78 is 0. The molecule has 0 unspecified atom stereocenters. The third kappa shape index (κ3) is 2.50. The number of hydrogen-bond donors (Lipinski definition) is 2. The van der Waals surface area contributed by atoms with Crippen molar-refractivity contribution in [1.29, 1.82) is 0 Å². The number of aromatic nitrogens is 1. The van der Waals surface area contributed by atoms with Crippen molar-refractivity contribution in [3.8, 4) is 5.88 Å². The van der Waals surface area contributed by atoms with Crippen LogP contribution >= 0.6 is 0 Å². The van der Waals surface area contributed by atoms with Crippen molar-refractivity contribution in [2.24, 2.45) is 20.4 Å². The second-order valence-electron chi connectivity index (χ2n) is 5.17. The maximum atomic E-state index is 9.96. The number of nitrogens with one attached hydrogen (secondary N) is 1. The normalized spacial score (nSPS) is 14.4. The van der Waals surface area contributed by atoms with Gasteiger partial charge in [-0.3, -0.25) is 0 Å². The molecule has 1 aromatic heterocycles. The average molecular weight is 303 g/mol. The Morgan fingerprint density at radius 3 is 2.57 bits per heavy atom. The van der Waals surface area contributed by atoms with Gasteiger partial charge >= 0.3 is 0 Å². The molecule has 2 heterocycles. The Bertz CT molecular complexity index is 954. The molecule has 4 rings (SSSR count). The summed E-state index contributed by atoms with van der Waals surface area (Å²) in [4.78, 5) is 2.87. The maximum Gasteiger partial charge on any atom is 0.218 e. The van der Waals surface area contributed by atoms with Gasteiger partial charge in [-0.1, -0.05) is 48.5 Å². The van der Waals surface area contributed by atoms with E-state index in [1.165, 1.54) is 0 Å². The van der Waals surface area contributed by atoms with E-state index in [4.69, 9.17) is 0 Å². The molecule has 0 saturated heterocycles. The zero-order valence-electron chi connectivity index (χ0n) is 12.1. The Morgan fingerprint density at radius 1 is 0.913 bits per heavy atom. The maximum absolute atomic E-state index is 9.96. The molecule has 1 aliphatic heterocycles. The van der Waals surface area contributed by atoms with Crippen LogP contribution in [0.5, 0.6) is 5.88 Å². The van der Waals surface area contributed by atoms with Crippen LogP contribution in [0, 0.1) is 0 Å². The van der Waals surface area contributed by atoms with Gasteiger partial charge in [0, 0.05) is 5.39 Å². The molecule has 6 heteroatoms. The molecule has 6 nitrogen and oxygen atoms in total. The summed E-state index contributed by atoms with van der Waals surface area (Å²) in [5.74, 6) is 0.520. The van der Waals surface area contributed by atoms with Crippen LogP contribution in [0.4, 0.5) is 5.69 Å². The van der Waals surface area contributed by atoms with Crippen molar-refractivity contribution in [2.45, 2.75) is 6.42 Å². The number of rotatable bonds is 2. The Balaban J connectivity index is 1.55. The molecule has 0 saturated carbocycles. The van der Waals surface area contributed by atoms with Crippen molar-refractivity contribution in [2.75, 3.05) is 0 Å². The third-order valence-electron chi connectivity index (χ3n) is 3.64. The number of amidine groups is 1. The number of nitrogens with zero attached hydrogens (tertiary/aromatic N) is 4. The van der Waals surface area contributed by atoms with E-state index < -0.39 is 0 Å². The van der Waals surface area contributed by atoms with Crippen LogP contribution in [0.3, 0.4) is 0 Å². The number of aromatic hydroxyl groups is 1. The van der Waals surface area contributed by atoms with E-state index in [1.54, 1.807) is 0 Å². The minimum Gasteiger partial charge on any atom is -0.493 e. The highest BCUT2D eigenvalue weighted by Gasteiger charge is 2.15. The third-order valence-corrected chi connectivity index (χ3v) is 3.64. The number of azo groups is 1. The van der Waals surface area contributed by atoms with Crippen LogP contribution < -0.4 is 0 Å². The number of benzene rings is 2.